The predicted molar refractivity (Wildman–Crippen MR) is 58.7 cm³/mol. The zero-order chi connectivity index (χ0) is 9.14. The molecule has 0 unspecified atom stereocenters. The number of aldehydes is 1. The van der Waals surface area contributed by atoms with Gasteiger partial charge in [0.2, 0.25) is 0 Å². The first-order valence-corrected chi connectivity index (χ1v) is 4.99. The zero-order valence-electron chi connectivity index (χ0n) is 6.60. The number of carbonyl (C=O) groups is 1. The molecule has 64 valence electrons. The first kappa shape index (κ1) is 9.99. The third-order valence-corrected chi connectivity index (χ3v) is 2.63. The van der Waals surface area contributed by atoms with E-state index in [1.165, 1.54) is 0 Å². The van der Waals surface area contributed by atoms with Crippen molar-refractivity contribution in [1.29, 1.82) is 0 Å². The van der Waals surface area contributed by atoms with Crippen LogP contribution in [-0.4, -0.2) is 6.29 Å². The third kappa shape index (κ3) is 2.20. The molecule has 0 bridgehead atoms. The fraction of sp³-hybridized carbons (Fsp3) is 0.222. The molecule has 1 aromatic rings. The van der Waals surface area contributed by atoms with E-state index in [1.54, 1.807) is 0 Å². The van der Waals surface area contributed by atoms with Crippen LogP contribution >= 0.6 is 34.2 Å². The second-order valence-corrected chi connectivity index (χ2v) is 4.21. The first-order chi connectivity index (χ1) is 5.65. The van der Waals surface area contributed by atoms with Crippen LogP contribution in [0.3, 0.4) is 0 Å². The number of benzene rings is 1. The standard InChI is InChI=1S/C9H8ClIO/c1-6-4-7(11)5-9(10)8(6)2-3-12/h3-5H,2H2,1H3. The Hall–Kier alpha value is -0.0900. The van der Waals surface area contributed by atoms with Crippen LogP contribution in [0.1, 0.15) is 11.1 Å². The number of hydrogen-bond donors (Lipinski definition) is 0. The van der Waals surface area contributed by atoms with Crippen LogP contribution in [-0.2, 0) is 11.2 Å². The molecule has 1 nitrogen and oxygen atoms in total. The largest absolute Gasteiger partial charge is 0.303 e. The van der Waals surface area contributed by atoms with E-state index < -0.39 is 0 Å². The van der Waals surface area contributed by atoms with Gasteiger partial charge in [0.1, 0.15) is 6.29 Å². The van der Waals surface area contributed by atoms with Gasteiger partial charge in [0.25, 0.3) is 0 Å². The summed E-state index contributed by atoms with van der Waals surface area (Å²) in [6, 6.07) is 3.89. The number of rotatable bonds is 2. The predicted octanol–water partition coefficient (Wildman–Crippen LogP) is 2.99. The maximum Gasteiger partial charge on any atom is 0.124 e. The Bertz CT molecular complexity index is 286. The SMILES string of the molecule is Cc1cc(I)cc(Cl)c1CC=O. The van der Waals surface area contributed by atoms with Gasteiger partial charge in [0.05, 0.1) is 0 Å². The van der Waals surface area contributed by atoms with E-state index in [9.17, 15) is 4.79 Å². The van der Waals surface area contributed by atoms with Gasteiger partial charge < -0.3 is 4.79 Å². The summed E-state index contributed by atoms with van der Waals surface area (Å²) in [6.45, 7) is 1.97. The van der Waals surface area contributed by atoms with Crippen molar-refractivity contribution < 1.29 is 4.79 Å². The van der Waals surface area contributed by atoms with Gasteiger partial charge >= 0.3 is 0 Å². The van der Waals surface area contributed by atoms with Crippen LogP contribution in [0.2, 0.25) is 5.02 Å². The summed E-state index contributed by atoms with van der Waals surface area (Å²) in [7, 11) is 0. The average Bonchev–Trinajstić information content (AvgIpc) is 1.96. The summed E-state index contributed by atoms with van der Waals surface area (Å²) >= 11 is 8.15. The summed E-state index contributed by atoms with van der Waals surface area (Å²) in [6.07, 6.45) is 1.28. The molecule has 0 saturated carbocycles. The molecular formula is C9H8ClIO. The van der Waals surface area contributed by atoms with Crippen molar-refractivity contribution in [2.45, 2.75) is 13.3 Å². The molecule has 3 heteroatoms. The topological polar surface area (TPSA) is 17.1 Å². The van der Waals surface area contributed by atoms with E-state index in [4.69, 9.17) is 11.6 Å². The second kappa shape index (κ2) is 4.23. The van der Waals surface area contributed by atoms with Crippen molar-refractivity contribution in [1.82, 2.24) is 0 Å². The summed E-state index contributed by atoms with van der Waals surface area (Å²) in [4.78, 5) is 10.3. The molecule has 12 heavy (non-hydrogen) atoms. The summed E-state index contributed by atoms with van der Waals surface area (Å²) in [5.74, 6) is 0. The monoisotopic (exact) mass is 294 g/mol. The van der Waals surface area contributed by atoms with Crippen molar-refractivity contribution in [2.24, 2.45) is 0 Å². The molecule has 0 fully saturated rings. The van der Waals surface area contributed by atoms with Crippen molar-refractivity contribution in [3.05, 3.63) is 31.9 Å². The van der Waals surface area contributed by atoms with E-state index in [1.807, 2.05) is 19.1 Å². The molecule has 0 aromatic heterocycles. The summed E-state index contributed by atoms with van der Waals surface area (Å²) in [5.41, 5.74) is 2.02. The lowest BCUT2D eigenvalue weighted by Crippen LogP contribution is -1.92. The quantitative estimate of drug-likeness (QED) is 0.605. The molecule has 1 rings (SSSR count). The normalized spacial score (nSPS) is 9.92. The van der Waals surface area contributed by atoms with E-state index in [0.717, 1.165) is 21.0 Å². The molecule has 1 aromatic carbocycles. The lowest BCUT2D eigenvalue weighted by atomic mass is 10.1. The highest BCUT2D eigenvalue weighted by molar-refractivity contribution is 14.1. The number of halogens is 2. The molecule has 0 amide bonds. The van der Waals surface area contributed by atoms with E-state index >= 15 is 0 Å². The van der Waals surface area contributed by atoms with E-state index in [-0.39, 0.29) is 0 Å². The zero-order valence-corrected chi connectivity index (χ0v) is 9.52. The average molecular weight is 295 g/mol. The van der Waals surface area contributed by atoms with Gasteiger partial charge in [0.15, 0.2) is 0 Å². The molecule has 0 aliphatic carbocycles. The lowest BCUT2D eigenvalue weighted by Gasteiger charge is -2.05. The van der Waals surface area contributed by atoms with Crippen LogP contribution in [0, 0.1) is 10.5 Å². The molecule has 0 atom stereocenters. The van der Waals surface area contributed by atoms with Crippen molar-refractivity contribution in [3.8, 4) is 0 Å². The van der Waals surface area contributed by atoms with Crippen molar-refractivity contribution in [2.75, 3.05) is 0 Å². The Labute approximate surface area is 90.3 Å². The minimum atomic E-state index is 0.404. The number of hydrogen-bond acceptors (Lipinski definition) is 1. The van der Waals surface area contributed by atoms with Gasteiger partial charge in [-0.3, -0.25) is 0 Å². The summed E-state index contributed by atoms with van der Waals surface area (Å²) < 4.78 is 1.10. The number of carbonyl (C=O) groups excluding carboxylic acids is 1. The number of aryl methyl sites for hydroxylation is 1. The second-order valence-electron chi connectivity index (χ2n) is 2.55. The van der Waals surface area contributed by atoms with Gasteiger partial charge in [0, 0.05) is 15.0 Å². The Morgan fingerprint density at radius 1 is 1.58 bits per heavy atom. The Morgan fingerprint density at radius 2 is 2.25 bits per heavy atom. The van der Waals surface area contributed by atoms with E-state index in [0.29, 0.717) is 11.4 Å². The molecule has 0 aliphatic rings. The lowest BCUT2D eigenvalue weighted by molar-refractivity contribution is -0.107. The van der Waals surface area contributed by atoms with Crippen LogP contribution in [0.4, 0.5) is 0 Å². The van der Waals surface area contributed by atoms with Gasteiger partial charge in [-0.05, 0) is 52.8 Å². The van der Waals surface area contributed by atoms with Gasteiger partial charge in [-0.25, -0.2) is 0 Å². The smallest absolute Gasteiger partial charge is 0.124 e. The van der Waals surface area contributed by atoms with Crippen LogP contribution in [0.25, 0.3) is 0 Å². The molecule has 0 spiro atoms. The Morgan fingerprint density at radius 3 is 2.75 bits per heavy atom. The van der Waals surface area contributed by atoms with E-state index in [2.05, 4.69) is 22.6 Å². The Kier molecular flexibility index (Phi) is 3.53. The maximum absolute atomic E-state index is 10.3. The molecule has 0 aliphatic heterocycles. The van der Waals surface area contributed by atoms with Gasteiger partial charge in [-0.15, -0.1) is 0 Å². The highest BCUT2D eigenvalue weighted by Crippen LogP contribution is 2.22. The minimum absolute atomic E-state index is 0.404. The minimum Gasteiger partial charge on any atom is -0.303 e. The van der Waals surface area contributed by atoms with Crippen LogP contribution < -0.4 is 0 Å². The highest BCUT2D eigenvalue weighted by Gasteiger charge is 2.04. The van der Waals surface area contributed by atoms with Crippen molar-refractivity contribution >= 4 is 40.5 Å². The first-order valence-electron chi connectivity index (χ1n) is 3.53. The summed E-state index contributed by atoms with van der Waals surface area (Å²) in [5, 5.41) is 0.687. The molecular weight excluding hydrogens is 286 g/mol. The molecule has 0 heterocycles. The van der Waals surface area contributed by atoms with Gasteiger partial charge in [-0.1, -0.05) is 11.6 Å². The fourth-order valence-electron chi connectivity index (χ4n) is 1.07. The highest BCUT2D eigenvalue weighted by atomic mass is 127. The third-order valence-electron chi connectivity index (χ3n) is 1.67. The van der Waals surface area contributed by atoms with Crippen LogP contribution in [0.5, 0.6) is 0 Å². The molecule has 0 N–H and O–H groups in total. The Balaban J connectivity index is 3.18. The fourth-order valence-corrected chi connectivity index (χ4v) is 2.38. The molecule has 0 saturated heterocycles. The molecule has 0 radical (unpaired) electrons. The van der Waals surface area contributed by atoms with Crippen molar-refractivity contribution in [3.63, 3.8) is 0 Å². The van der Waals surface area contributed by atoms with Crippen LogP contribution in [0.15, 0.2) is 12.1 Å². The van der Waals surface area contributed by atoms with Gasteiger partial charge in [-0.2, -0.15) is 0 Å². The maximum atomic E-state index is 10.3.